The molecule has 0 saturated heterocycles. The zero-order valence-corrected chi connectivity index (χ0v) is 9.96. The summed E-state index contributed by atoms with van der Waals surface area (Å²) in [5, 5.41) is 0. The molecular formula is C14H16O2. The van der Waals surface area contributed by atoms with Gasteiger partial charge in [-0.2, -0.15) is 0 Å². The van der Waals surface area contributed by atoms with Gasteiger partial charge in [-0.25, -0.2) is 0 Å². The van der Waals surface area contributed by atoms with Gasteiger partial charge < -0.3 is 4.74 Å². The van der Waals surface area contributed by atoms with Gasteiger partial charge in [0.05, 0.1) is 7.11 Å². The Labute approximate surface area is 96.2 Å². The average molecular weight is 216 g/mol. The monoisotopic (exact) mass is 216 g/mol. The Morgan fingerprint density at radius 1 is 1.50 bits per heavy atom. The van der Waals surface area contributed by atoms with Crippen LogP contribution in [0.5, 0.6) is 0 Å². The molecule has 1 aromatic carbocycles. The predicted octanol–water partition coefficient (Wildman–Crippen LogP) is 2.90. The van der Waals surface area contributed by atoms with Gasteiger partial charge in [0.15, 0.2) is 5.76 Å². The SMILES string of the molecule is C=C=C(OC)c1ccc(C)c(CC(C)=O)c1. The molecule has 2 nitrogen and oxygen atoms in total. The standard InChI is InChI=1S/C14H16O2/c1-5-14(16-4)12-7-6-10(2)13(9-12)8-11(3)15/h6-7,9H,1,8H2,2-4H3. The molecule has 0 aromatic heterocycles. The topological polar surface area (TPSA) is 26.3 Å². The molecule has 0 bridgehead atoms. The molecule has 0 fully saturated rings. The van der Waals surface area contributed by atoms with Gasteiger partial charge in [-0.3, -0.25) is 4.79 Å². The second-order valence-corrected chi connectivity index (χ2v) is 3.73. The molecule has 0 saturated carbocycles. The van der Waals surface area contributed by atoms with Crippen LogP contribution in [-0.2, 0) is 16.0 Å². The number of carbonyl (C=O) groups excluding carboxylic acids is 1. The molecule has 0 atom stereocenters. The molecule has 0 spiro atoms. The molecule has 0 amide bonds. The van der Waals surface area contributed by atoms with E-state index >= 15 is 0 Å². The van der Waals surface area contributed by atoms with Gasteiger partial charge in [-0.15, -0.1) is 0 Å². The number of benzene rings is 1. The van der Waals surface area contributed by atoms with Crippen LogP contribution in [-0.4, -0.2) is 12.9 Å². The lowest BCUT2D eigenvalue weighted by Gasteiger charge is -2.08. The van der Waals surface area contributed by atoms with Crippen molar-refractivity contribution in [2.75, 3.05) is 7.11 Å². The van der Waals surface area contributed by atoms with Crippen LogP contribution in [0.3, 0.4) is 0 Å². The molecule has 1 aromatic rings. The summed E-state index contributed by atoms with van der Waals surface area (Å²) >= 11 is 0. The molecule has 84 valence electrons. The number of rotatable bonds is 4. The number of ketones is 1. The molecule has 0 aliphatic carbocycles. The smallest absolute Gasteiger partial charge is 0.168 e. The van der Waals surface area contributed by atoms with Gasteiger partial charge in [0.2, 0.25) is 0 Å². The highest BCUT2D eigenvalue weighted by Gasteiger charge is 2.06. The van der Waals surface area contributed by atoms with Crippen LogP contribution in [0.25, 0.3) is 5.76 Å². The van der Waals surface area contributed by atoms with Crippen LogP contribution in [0, 0.1) is 6.92 Å². The summed E-state index contributed by atoms with van der Waals surface area (Å²) in [6.45, 7) is 7.15. The summed E-state index contributed by atoms with van der Waals surface area (Å²) in [6.07, 6.45) is 0.452. The number of ether oxygens (including phenoxy) is 1. The lowest BCUT2D eigenvalue weighted by atomic mass is 10.00. The van der Waals surface area contributed by atoms with Crippen LogP contribution in [0.15, 0.2) is 30.5 Å². The summed E-state index contributed by atoms with van der Waals surface area (Å²) in [5.74, 6) is 0.756. The molecule has 2 heteroatoms. The van der Waals surface area contributed by atoms with E-state index in [1.54, 1.807) is 14.0 Å². The summed E-state index contributed by atoms with van der Waals surface area (Å²) in [4.78, 5) is 11.1. The Balaban J connectivity index is 3.16. The van der Waals surface area contributed by atoms with Gasteiger partial charge in [-0.1, -0.05) is 24.4 Å². The molecule has 0 heterocycles. The molecule has 1 rings (SSSR count). The van der Waals surface area contributed by atoms with E-state index in [1.807, 2.05) is 25.1 Å². The molecule has 0 N–H and O–H groups in total. The number of Topliss-reactive ketones (excluding diaryl/α,β-unsaturated/α-hetero) is 1. The number of hydrogen-bond donors (Lipinski definition) is 0. The van der Waals surface area contributed by atoms with E-state index in [-0.39, 0.29) is 5.78 Å². The van der Waals surface area contributed by atoms with E-state index in [0.717, 1.165) is 16.7 Å². The van der Waals surface area contributed by atoms with Crippen LogP contribution in [0.1, 0.15) is 23.6 Å². The Morgan fingerprint density at radius 3 is 2.69 bits per heavy atom. The minimum Gasteiger partial charge on any atom is -0.489 e. The zero-order valence-electron chi connectivity index (χ0n) is 9.96. The third-order valence-corrected chi connectivity index (χ3v) is 2.42. The van der Waals surface area contributed by atoms with Crippen LogP contribution >= 0.6 is 0 Å². The fourth-order valence-electron chi connectivity index (χ4n) is 1.56. The molecular weight excluding hydrogens is 200 g/mol. The third-order valence-electron chi connectivity index (χ3n) is 2.42. The van der Waals surface area contributed by atoms with E-state index in [4.69, 9.17) is 4.74 Å². The van der Waals surface area contributed by atoms with E-state index in [2.05, 4.69) is 12.3 Å². The van der Waals surface area contributed by atoms with Crippen molar-refractivity contribution in [3.05, 3.63) is 47.2 Å². The van der Waals surface area contributed by atoms with Crippen molar-refractivity contribution in [1.82, 2.24) is 0 Å². The summed E-state index contributed by atoms with van der Waals surface area (Å²) in [5.41, 5.74) is 5.76. The van der Waals surface area contributed by atoms with Crippen LogP contribution in [0.2, 0.25) is 0 Å². The van der Waals surface area contributed by atoms with Gasteiger partial charge in [0, 0.05) is 12.0 Å². The van der Waals surface area contributed by atoms with Crippen molar-refractivity contribution in [2.45, 2.75) is 20.3 Å². The first-order chi connectivity index (χ1) is 7.58. The number of methoxy groups -OCH3 is 1. The highest BCUT2D eigenvalue weighted by atomic mass is 16.5. The Hall–Kier alpha value is -1.79. The quantitative estimate of drug-likeness (QED) is 0.571. The first-order valence-corrected chi connectivity index (χ1v) is 5.12. The van der Waals surface area contributed by atoms with Crippen molar-refractivity contribution in [3.8, 4) is 0 Å². The minimum atomic E-state index is 0.154. The summed E-state index contributed by atoms with van der Waals surface area (Å²) in [6, 6.07) is 5.87. The fourth-order valence-corrected chi connectivity index (χ4v) is 1.56. The highest BCUT2D eigenvalue weighted by Crippen LogP contribution is 2.18. The van der Waals surface area contributed by atoms with E-state index in [1.165, 1.54) is 0 Å². The predicted molar refractivity (Wildman–Crippen MR) is 65.1 cm³/mol. The van der Waals surface area contributed by atoms with Crippen molar-refractivity contribution in [2.24, 2.45) is 0 Å². The summed E-state index contributed by atoms with van der Waals surface area (Å²) in [7, 11) is 1.58. The lowest BCUT2D eigenvalue weighted by Crippen LogP contribution is -2.00. The van der Waals surface area contributed by atoms with E-state index in [0.29, 0.717) is 12.2 Å². The van der Waals surface area contributed by atoms with Crippen LogP contribution in [0.4, 0.5) is 0 Å². The molecule has 0 unspecified atom stereocenters. The highest BCUT2D eigenvalue weighted by molar-refractivity contribution is 5.79. The van der Waals surface area contributed by atoms with Gasteiger partial charge in [0.1, 0.15) is 5.78 Å². The summed E-state index contributed by atoms with van der Waals surface area (Å²) < 4.78 is 5.14. The van der Waals surface area contributed by atoms with E-state index in [9.17, 15) is 4.79 Å². The Bertz CT molecular complexity index is 452. The van der Waals surface area contributed by atoms with Gasteiger partial charge in [0.25, 0.3) is 0 Å². The Morgan fingerprint density at radius 2 is 2.19 bits per heavy atom. The van der Waals surface area contributed by atoms with Crippen molar-refractivity contribution >= 4 is 11.5 Å². The zero-order chi connectivity index (χ0) is 12.1. The first kappa shape index (κ1) is 12.3. The maximum absolute atomic E-state index is 11.1. The lowest BCUT2D eigenvalue weighted by molar-refractivity contribution is -0.116. The van der Waals surface area contributed by atoms with Gasteiger partial charge in [-0.05, 0) is 31.0 Å². The average Bonchev–Trinajstić information content (AvgIpc) is 2.23. The van der Waals surface area contributed by atoms with Crippen LogP contribution < -0.4 is 0 Å². The maximum Gasteiger partial charge on any atom is 0.168 e. The van der Waals surface area contributed by atoms with Crippen molar-refractivity contribution < 1.29 is 9.53 Å². The normalized spacial score (nSPS) is 9.44. The third kappa shape index (κ3) is 2.85. The molecule has 0 radical (unpaired) electrons. The molecule has 0 aliphatic heterocycles. The van der Waals surface area contributed by atoms with Crippen molar-refractivity contribution in [3.63, 3.8) is 0 Å². The maximum atomic E-state index is 11.1. The number of hydrogen-bond acceptors (Lipinski definition) is 2. The number of carbonyl (C=O) groups is 1. The second kappa shape index (κ2) is 5.34. The van der Waals surface area contributed by atoms with Crippen molar-refractivity contribution in [1.29, 1.82) is 0 Å². The van der Waals surface area contributed by atoms with Gasteiger partial charge >= 0.3 is 0 Å². The Kier molecular flexibility index (Phi) is 4.10. The fraction of sp³-hybridized carbons (Fsp3) is 0.286. The molecule has 16 heavy (non-hydrogen) atoms. The number of aryl methyl sites for hydroxylation is 1. The largest absolute Gasteiger partial charge is 0.489 e. The minimum absolute atomic E-state index is 0.154. The van der Waals surface area contributed by atoms with E-state index < -0.39 is 0 Å². The second-order valence-electron chi connectivity index (χ2n) is 3.73. The first-order valence-electron chi connectivity index (χ1n) is 5.12. The molecule has 0 aliphatic rings.